The van der Waals surface area contributed by atoms with E-state index in [0.29, 0.717) is 0 Å². The highest BCUT2D eigenvalue weighted by molar-refractivity contribution is 7.25. The lowest BCUT2D eigenvalue weighted by Gasteiger charge is -2.12. The summed E-state index contributed by atoms with van der Waals surface area (Å²) < 4.78 is 7.60. The van der Waals surface area contributed by atoms with Crippen molar-refractivity contribution in [3.05, 3.63) is 230 Å². The molecule has 0 fully saturated rings. The fourth-order valence-electron chi connectivity index (χ4n) is 10.1. The minimum Gasteiger partial charge on any atom is -0.313 e. The maximum Gasteiger partial charge on any atom is 0.0541 e. The van der Waals surface area contributed by atoms with Gasteiger partial charge in [-0.05, 0) is 123 Å². The highest BCUT2D eigenvalue weighted by Gasteiger charge is 2.21. The number of para-hydroxylation sites is 2. The second kappa shape index (κ2) is 14.8. The summed E-state index contributed by atoms with van der Waals surface area (Å²) in [5, 5.41) is 6.40. The van der Waals surface area contributed by atoms with Crippen molar-refractivity contribution < 1.29 is 0 Å². The maximum atomic E-state index is 2.50. The summed E-state index contributed by atoms with van der Waals surface area (Å²) in [6.45, 7) is 0. The van der Waals surface area contributed by atoms with E-state index in [1.54, 1.807) is 0 Å². The van der Waals surface area contributed by atoms with E-state index >= 15 is 0 Å². The Labute approximate surface area is 375 Å². The van der Waals surface area contributed by atoms with E-state index in [-0.39, 0.29) is 0 Å². The maximum absolute atomic E-state index is 2.50. The van der Waals surface area contributed by atoms with Crippen molar-refractivity contribution in [1.82, 2.24) is 9.13 Å². The minimum atomic E-state index is 0.810. The van der Waals surface area contributed by atoms with E-state index in [4.69, 9.17) is 0 Å². The molecule has 2 nitrogen and oxygen atoms in total. The third-order valence-electron chi connectivity index (χ3n) is 13.1. The Morgan fingerprint density at radius 2 is 0.875 bits per heavy atom. The molecular formula is C61H40N2S. The molecule has 3 heterocycles. The molecule has 0 radical (unpaired) electrons. The van der Waals surface area contributed by atoms with Gasteiger partial charge in [-0.15, -0.1) is 11.3 Å². The first-order valence-corrected chi connectivity index (χ1v) is 22.9. The molecule has 64 heavy (non-hydrogen) atoms. The lowest BCUT2D eigenvalue weighted by molar-refractivity contribution is 1.11. The van der Waals surface area contributed by atoms with Gasteiger partial charge in [0.2, 0.25) is 0 Å². The molecule has 1 aliphatic rings. The van der Waals surface area contributed by atoms with E-state index in [0.717, 1.165) is 6.42 Å². The summed E-state index contributed by atoms with van der Waals surface area (Å²) in [6.07, 6.45) is 7.94. The van der Waals surface area contributed by atoms with Crippen molar-refractivity contribution in [2.75, 3.05) is 0 Å². The summed E-state index contributed by atoms with van der Waals surface area (Å²) in [5.74, 6) is 0. The summed E-state index contributed by atoms with van der Waals surface area (Å²) >= 11 is 1.87. The van der Waals surface area contributed by atoms with E-state index in [1.807, 2.05) is 11.3 Å². The standard InChI is InChI=1S/C61H40N2S/c1-2-14-40(15-3-1)41-16-10-17-42(34-41)43-18-11-19-44(35-43)45-20-12-21-46(36-45)47-30-32-59-53(37-47)50-23-4-7-26-56(50)62(59)48-22-13-28-58-54(38-48)51-24-5-8-27-57(51)63(58)49-31-33-61-55(39-49)52-25-6-9-29-60(52)64-61/h1-21,23-39H,22H2. The van der Waals surface area contributed by atoms with Crippen LogP contribution >= 0.6 is 11.3 Å². The number of allylic oxidation sites excluding steroid dienone is 2. The monoisotopic (exact) mass is 832 g/mol. The summed E-state index contributed by atoms with van der Waals surface area (Å²) in [7, 11) is 0. The lowest BCUT2D eigenvalue weighted by atomic mass is 9.94. The normalized spacial score (nSPS) is 12.7. The molecule has 0 atom stereocenters. The number of hydrogen-bond acceptors (Lipinski definition) is 1. The molecule has 1 aliphatic carbocycles. The first-order valence-electron chi connectivity index (χ1n) is 22.0. The highest BCUT2D eigenvalue weighted by atomic mass is 32.1. The van der Waals surface area contributed by atoms with Gasteiger partial charge in [-0.2, -0.15) is 0 Å². The van der Waals surface area contributed by atoms with Gasteiger partial charge in [0.1, 0.15) is 0 Å². The van der Waals surface area contributed by atoms with E-state index in [1.165, 1.54) is 120 Å². The van der Waals surface area contributed by atoms with Crippen LogP contribution in [0.15, 0.2) is 218 Å². The predicted octanol–water partition coefficient (Wildman–Crippen LogP) is 17.2. The van der Waals surface area contributed by atoms with Crippen LogP contribution in [0.2, 0.25) is 0 Å². The fraction of sp³-hybridized carbons (Fsp3) is 0.0164. The van der Waals surface area contributed by atoms with Gasteiger partial charge in [0, 0.05) is 59.7 Å². The zero-order valence-electron chi connectivity index (χ0n) is 34.9. The number of fused-ring (bicyclic) bond motifs is 9. The molecule has 0 aliphatic heterocycles. The number of aromatic nitrogens is 2. The van der Waals surface area contributed by atoms with Crippen molar-refractivity contribution in [3.8, 4) is 50.2 Å². The Hall–Kier alpha value is -7.98. The van der Waals surface area contributed by atoms with Crippen LogP contribution in [0.5, 0.6) is 0 Å². The molecule has 3 aromatic heterocycles. The first-order chi connectivity index (χ1) is 31.7. The molecular weight excluding hydrogens is 793 g/mol. The SMILES string of the molecule is C1=Cc2c(c3ccccc3n2-c2ccc3sc4ccccc4c3c2)C=C(n2c3ccccc3c3cc(-c4cccc(-c5cccc(-c6cccc(-c7ccccc7)c6)c5)c4)ccc32)C1. The van der Waals surface area contributed by atoms with Crippen LogP contribution in [0.1, 0.15) is 17.7 Å². The van der Waals surface area contributed by atoms with Crippen molar-refractivity contribution >= 4 is 82.1 Å². The van der Waals surface area contributed by atoms with E-state index < -0.39 is 0 Å². The van der Waals surface area contributed by atoms with Gasteiger partial charge in [-0.25, -0.2) is 0 Å². The summed E-state index contributed by atoms with van der Waals surface area (Å²) in [4.78, 5) is 0. The second-order valence-corrected chi connectivity index (χ2v) is 17.9. The van der Waals surface area contributed by atoms with E-state index in [2.05, 4.69) is 240 Å². The van der Waals surface area contributed by atoms with Crippen LogP contribution in [-0.4, -0.2) is 9.13 Å². The molecule has 300 valence electrons. The number of thiophene rings is 1. The number of hydrogen-bond donors (Lipinski definition) is 0. The van der Waals surface area contributed by atoms with Crippen molar-refractivity contribution in [2.45, 2.75) is 6.42 Å². The molecule has 13 rings (SSSR count). The molecule has 0 unspecified atom stereocenters. The smallest absolute Gasteiger partial charge is 0.0541 e. The van der Waals surface area contributed by atoms with Gasteiger partial charge in [-0.3, -0.25) is 0 Å². The Bertz CT molecular complexity index is 3870. The van der Waals surface area contributed by atoms with Gasteiger partial charge < -0.3 is 9.13 Å². The molecule has 3 heteroatoms. The van der Waals surface area contributed by atoms with Crippen LogP contribution in [0.25, 0.3) is 121 Å². The van der Waals surface area contributed by atoms with Crippen LogP contribution in [0, 0.1) is 0 Å². The molecule has 0 amide bonds. The Morgan fingerprint density at radius 1 is 0.344 bits per heavy atom. The second-order valence-electron chi connectivity index (χ2n) is 16.9. The van der Waals surface area contributed by atoms with Crippen LogP contribution in [-0.2, 0) is 0 Å². The minimum absolute atomic E-state index is 0.810. The molecule has 0 saturated carbocycles. The quantitative estimate of drug-likeness (QED) is 0.158. The average Bonchev–Trinajstić information content (AvgIpc) is 3.95. The predicted molar refractivity (Wildman–Crippen MR) is 275 cm³/mol. The summed E-state index contributed by atoms with van der Waals surface area (Å²) in [5.41, 5.74) is 18.3. The van der Waals surface area contributed by atoms with E-state index in [9.17, 15) is 0 Å². The van der Waals surface area contributed by atoms with Crippen LogP contribution in [0.4, 0.5) is 0 Å². The Balaban J connectivity index is 0.895. The average molecular weight is 833 g/mol. The molecule has 0 saturated heterocycles. The molecule has 0 spiro atoms. The number of rotatable bonds is 6. The molecule has 0 bridgehead atoms. The summed E-state index contributed by atoms with van der Waals surface area (Å²) in [6, 6.07) is 77.9. The molecule has 12 aromatic rings. The lowest BCUT2D eigenvalue weighted by Crippen LogP contribution is -1.97. The van der Waals surface area contributed by atoms with Gasteiger partial charge >= 0.3 is 0 Å². The van der Waals surface area contributed by atoms with Crippen molar-refractivity contribution in [3.63, 3.8) is 0 Å². The third kappa shape index (κ3) is 6.01. The molecule has 9 aromatic carbocycles. The zero-order chi connectivity index (χ0) is 42.1. The largest absolute Gasteiger partial charge is 0.313 e. The number of benzene rings is 9. The number of nitrogens with zero attached hydrogens (tertiary/aromatic N) is 2. The van der Waals surface area contributed by atoms with Crippen molar-refractivity contribution in [1.29, 1.82) is 0 Å². The third-order valence-corrected chi connectivity index (χ3v) is 14.3. The fourth-order valence-corrected chi connectivity index (χ4v) is 11.2. The Morgan fingerprint density at radius 3 is 1.58 bits per heavy atom. The van der Waals surface area contributed by atoms with Gasteiger partial charge in [0.15, 0.2) is 0 Å². The highest BCUT2D eigenvalue weighted by Crippen LogP contribution is 2.42. The van der Waals surface area contributed by atoms with Gasteiger partial charge in [0.05, 0.1) is 22.2 Å². The molecule has 0 N–H and O–H groups in total. The van der Waals surface area contributed by atoms with Crippen molar-refractivity contribution in [2.24, 2.45) is 0 Å². The van der Waals surface area contributed by atoms with Crippen LogP contribution in [0.3, 0.4) is 0 Å². The van der Waals surface area contributed by atoms with Gasteiger partial charge in [-0.1, -0.05) is 152 Å². The van der Waals surface area contributed by atoms with Gasteiger partial charge in [0.25, 0.3) is 0 Å². The Kier molecular flexibility index (Phi) is 8.50. The zero-order valence-corrected chi connectivity index (χ0v) is 35.8. The van der Waals surface area contributed by atoms with Crippen LogP contribution < -0.4 is 0 Å². The topological polar surface area (TPSA) is 9.86 Å². The first kappa shape index (κ1) is 36.7.